The Bertz CT molecular complexity index is 545. The van der Waals surface area contributed by atoms with Gasteiger partial charge in [0.25, 0.3) is 0 Å². The fraction of sp³-hybridized carbons (Fsp3) is 0.267. The summed E-state index contributed by atoms with van der Waals surface area (Å²) >= 11 is 0. The minimum atomic E-state index is -0.335. The lowest BCUT2D eigenvalue weighted by Crippen LogP contribution is -2.18. The second kappa shape index (κ2) is 6.29. The van der Waals surface area contributed by atoms with Crippen LogP contribution in [-0.4, -0.2) is 18.6 Å². The molecule has 1 N–H and O–H groups in total. The van der Waals surface area contributed by atoms with Gasteiger partial charge < -0.3 is 10.1 Å². The molecule has 3 nitrogen and oxygen atoms in total. The Kier molecular flexibility index (Phi) is 4.47. The fourth-order valence-corrected chi connectivity index (χ4v) is 2.06. The van der Waals surface area contributed by atoms with Crippen molar-refractivity contribution in [2.45, 2.75) is 13.0 Å². The van der Waals surface area contributed by atoms with E-state index in [4.69, 9.17) is 4.74 Å². The smallest absolute Gasteiger partial charge is 0.141 e. The molecule has 0 fully saturated rings. The van der Waals surface area contributed by atoms with Crippen LogP contribution in [-0.2, 0) is 0 Å². The topological polar surface area (TPSA) is 34.1 Å². The maximum absolute atomic E-state index is 13.3. The molecule has 0 spiro atoms. The predicted molar refractivity (Wildman–Crippen MR) is 72.7 cm³/mol. The van der Waals surface area contributed by atoms with E-state index >= 15 is 0 Å². The Hall–Kier alpha value is -1.94. The molecule has 0 radical (unpaired) electrons. The van der Waals surface area contributed by atoms with Crippen molar-refractivity contribution in [3.05, 3.63) is 59.7 Å². The quantitative estimate of drug-likeness (QED) is 0.897. The number of pyridine rings is 1. The number of rotatable bonds is 5. The van der Waals surface area contributed by atoms with E-state index in [0.717, 1.165) is 16.9 Å². The van der Waals surface area contributed by atoms with Gasteiger partial charge in [-0.1, -0.05) is 12.1 Å². The summed E-state index contributed by atoms with van der Waals surface area (Å²) in [5.41, 5.74) is 1.80. The Morgan fingerprint density at radius 2 is 2.11 bits per heavy atom. The summed E-state index contributed by atoms with van der Waals surface area (Å²) in [6.07, 6.45) is 2.87. The van der Waals surface area contributed by atoms with Crippen molar-refractivity contribution >= 4 is 0 Å². The molecule has 0 amide bonds. The zero-order valence-corrected chi connectivity index (χ0v) is 11.1. The molecule has 0 aliphatic heterocycles. The van der Waals surface area contributed by atoms with E-state index in [9.17, 15) is 4.39 Å². The molecule has 2 aromatic rings. The van der Waals surface area contributed by atoms with Crippen LogP contribution in [0.3, 0.4) is 0 Å². The number of hydrogen-bond acceptors (Lipinski definition) is 3. The average Bonchev–Trinajstić information content (AvgIpc) is 2.41. The van der Waals surface area contributed by atoms with Crippen LogP contribution in [0.1, 0.15) is 24.1 Å². The summed E-state index contributed by atoms with van der Waals surface area (Å²) in [7, 11) is 1.84. The molecule has 0 aliphatic carbocycles. The molecular weight excluding hydrogens is 243 g/mol. The van der Waals surface area contributed by atoms with E-state index in [2.05, 4.69) is 10.3 Å². The molecule has 4 heteroatoms. The van der Waals surface area contributed by atoms with E-state index in [1.165, 1.54) is 12.3 Å². The lowest BCUT2D eigenvalue weighted by atomic mass is 10.00. The van der Waals surface area contributed by atoms with Crippen LogP contribution in [0, 0.1) is 5.82 Å². The first kappa shape index (κ1) is 13.5. The Morgan fingerprint density at radius 3 is 2.79 bits per heavy atom. The van der Waals surface area contributed by atoms with E-state index in [0.29, 0.717) is 6.61 Å². The van der Waals surface area contributed by atoms with E-state index < -0.39 is 0 Å². The van der Waals surface area contributed by atoms with Gasteiger partial charge in [0, 0.05) is 6.20 Å². The van der Waals surface area contributed by atoms with Gasteiger partial charge in [-0.3, -0.25) is 4.98 Å². The fourth-order valence-electron chi connectivity index (χ4n) is 2.06. The molecule has 0 aliphatic rings. The third-order valence-corrected chi connectivity index (χ3v) is 2.85. The Labute approximate surface area is 112 Å². The van der Waals surface area contributed by atoms with Gasteiger partial charge in [-0.15, -0.1) is 0 Å². The monoisotopic (exact) mass is 260 g/mol. The molecule has 0 bridgehead atoms. The number of hydrogen-bond donors (Lipinski definition) is 1. The third-order valence-electron chi connectivity index (χ3n) is 2.85. The molecule has 2 rings (SSSR count). The van der Waals surface area contributed by atoms with Crippen molar-refractivity contribution in [3.8, 4) is 5.75 Å². The molecular formula is C15H17FN2O. The van der Waals surface area contributed by atoms with Gasteiger partial charge >= 0.3 is 0 Å². The van der Waals surface area contributed by atoms with Crippen LogP contribution in [0.25, 0.3) is 0 Å². The van der Waals surface area contributed by atoms with Gasteiger partial charge in [0.1, 0.15) is 11.6 Å². The average molecular weight is 260 g/mol. The van der Waals surface area contributed by atoms with Gasteiger partial charge in [-0.25, -0.2) is 4.39 Å². The first-order valence-electron chi connectivity index (χ1n) is 6.25. The summed E-state index contributed by atoms with van der Waals surface area (Å²) in [5.74, 6) is 0.475. The van der Waals surface area contributed by atoms with Crippen molar-refractivity contribution < 1.29 is 9.13 Å². The largest absolute Gasteiger partial charge is 0.494 e. The van der Waals surface area contributed by atoms with Gasteiger partial charge in [-0.2, -0.15) is 0 Å². The normalized spacial score (nSPS) is 12.2. The first-order chi connectivity index (χ1) is 9.24. The number of halogens is 1. The van der Waals surface area contributed by atoms with Crippen LogP contribution in [0.2, 0.25) is 0 Å². The lowest BCUT2D eigenvalue weighted by molar-refractivity contribution is 0.339. The summed E-state index contributed by atoms with van der Waals surface area (Å²) in [5, 5.41) is 3.17. The number of nitrogens with zero attached hydrogens (tertiary/aromatic N) is 1. The van der Waals surface area contributed by atoms with Crippen LogP contribution >= 0.6 is 0 Å². The molecule has 1 heterocycles. The number of nitrogens with one attached hydrogen (secondary N) is 1. The molecule has 1 aromatic heterocycles. The number of ether oxygens (including phenoxy) is 1. The van der Waals surface area contributed by atoms with Gasteiger partial charge in [0.15, 0.2) is 0 Å². The molecule has 0 saturated heterocycles. The zero-order valence-electron chi connectivity index (χ0n) is 11.1. The second-order valence-electron chi connectivity index (χ2n) is 4.16. The van der Waals surface area contributed by atoms with E-state index in [1.54, 1.807) is 6.20 Å². The maximum Gasteiger partial charge on any atom is 0.141 e. The maximum atomic E-state index is 13.3. The van der Waals surface area contributed by atoms with Crippen LogP contribution in [0.4, 0.5) is 4.39 Å². The number of benzene rings is 1. The first-order valence-corrected chi connectivity index (χ1v) is 6.25. The highest BCUT2D eigenvalue weighted by Gasteiger charge is 2.13. The van der Waals surface area contributed by atoms with Gasteiger partial charge in [-0.05, 0) is 43.3 Å². The molecule has 1 atom stereocenters. The highest BCUT2D eigenvalue weighted by Crippen LogP contribution is 2.24. The van der Waals surface area contributed by atoms with Gasteiger partial charge in [0.05, 0.1) is 18.8 Å². The van der Waals surface area contributed by atoms with Gasteiger partial charge in [0.2, 0.25) is 0 Å². The summed E-state index contributed by atoms with van der Waals surface area (Å²) < 4.78 is 18.7. The van der Waals surface area contributed by atoms with Crippen molar-refractivity contribution in [2.24, 2.45) is 0 Å². The zero-order chi connectivity index (χ0) is 13.7. The Morgan fingerprint density at radius 1 is 1.26 bits per heavy atom. The highest BCUT2D eigenvalue weighted by atomic mass is 19.1. The minimum Gasteiger partial charge on any atom is -0.494 e. The van der Waals surface area contributed by atoms with Crippen LogP contribution in [0.15, 0.2) is 42.7 Å². The van der Waals surface area contributed by atoms with E-state index in [1.807, 2.05) is 38.2 Å². The SMILES string of the molecule is CCOc1cccc(C(NC)c2cncc(F)c2)c1. The summed E-state index contributed by atoms with van der Waals surface area (Å²) in [6, 6.07) is 9.15. The molecule has 0 saturated carbocycles. The minimum absolute atomic E-state index is 0.108. The summed E-state index contributed by atoms with van der Waals surface area (Å²) in [6.45, 7) is 2.56. The van der Waals surface area contributed by atoms with Crippen LogP contribution < -0.4 is 10.1 Å². The van der Waals surface area contributed by atoms with Crippen molar-refractivity contribution in [2.75, 3.05) is 13.7 Å². The van der Waals surface area contributed by atoms with Crippen LogP contribution in [0.5, 0.6) is 5.75 Å². The van der Waals surface area contributed by atoms with Crippen molar-refractivity contribution in [1.29, 1.82) is 0 Å². The second-order valence-corrected chi connectivity index (χ2v) is 4.16. The van der Waals surface area contributed by atoms with Crippen molar-refractivity contribution in [1.82, 2.24) is 10.3 Å². The lowest BCUT2D eigenvalue weighted by Gasteiger charge is -2.17. The molecule has 1 aromatic carbocycles. The third kappa shape index (κ3) is 3.29. The summed E-state index contributed by atoms with van der Waals surface area (Å²) in [4.78, 5) is 3.89. The number of aromatic nitrogens is 1. The predicted octanol–water partition coefficient (Wildman–Crippen LogP) is 2.93. The molecule has 19 heavy (non-hydrogen) atoms. The van der Waals surface area contributed by atoms with Crippen molar-refractivity contribution in [3.63, 3.8) is 0 Å². The molecule has 100 valence electrons. The van der Waals surface area contributed by atoms with E-state index in [-0.39, 0.29) is 11.9 Å². The highest BCUT2D eigenvalue weighted by molar-refractivity contribution is 5.35. The molecule has 1 unspecified atom stereocenters. The Balaban J connectivity index is 2.33. The standard InChI is InChI=1S/C15H17FN2O/c1-3-19-14-6-4-5-11(8-14)15(17-2)12-7-13(16)10-18-9-12/h4-10,15,17H,3H2,1-2H3.